The Balaban J connectivity index is 1.18. The number of rotatable bonds is 11. The zero-order valence-corrected chi connectivity index (χ0v) is 24.2. The molecule has 42 heavy (non-hydrogen) atoms. The highest BCUT2D eigenvalue weighted by Crippen LogP contribution is 2.36. The molecular weight excluding hydrogens is 534 g/mol. The highest BCUT2D eigenvalue weighted by atomic mass is 16.5. The number of carbonyl (C=O) groups is 3. The lowest BCUT2D eigenvalue weighted by Crippen LogP contribution is -2.36. The van der Waals surface area contributed by atoms with Crippen LogP contribution in [0.4, 0.5) is 0 Å². The van der Waals surface area contributed by atoms with Crippen LogP contribution in [0.2, 0.25) is 0 Å². The van der Waals surface area contributed by atoms with Crippen molar-refractivity contribution in [2.24, 2.45) is 11.8 Å². The van der Waals surface area contributed by atoms with Gasteiger partial charge in [0.05, 0.1) is 6.04 Å². The highest BCUT2D eigenvalue weighted by Gasteiger charge is 2.31. The molecule has 0 radical (unpaired) electrons. The van der Waals surface area contributed by atoms with Crippen molar-refractivity contribution >= 4 is 17.7 Å². The van der Waals surface area contributed by atoms with E-state index in [2.05, 4.69) is 15.5 Å². The number of nitrogens with zero attached hydrogens (tertiary/aromatic N) is 4. The number of hydrogen-bond donors (Lipinski definition) is 1. The van der Waals surface area contributed by atoms with Crippen molar-refractivity contribution in [2.45, 2.75) is 64.5 Å². The lowest BCUT2D eigenvalue weighted by molar-refractivity contribution is -0.128. The van der Waals surface area contributed by atoms with E-state index >= 15 is 0 Å². The van der Waals surface area contributed by atoms with Gasteiger partial charge in [0.1, 0.15) is 11.5 Å². The fourth-order valence-electron chi connectivity index (χ4n) is 5.86. The smallest absolute Gasteiger partial charge is 0.257 e. The van der Waals surface area contributed by atoms with Gasteiger partial charge in [0, 0.05) is 56.2 Å². The van der Waals surface area contributed by atoms with E-state index in [4.69, 9.17) is 9.26 Å². The average molecular weight is 572 g/mol. The third-order valence-corrected chi connectivity index (χ3v) is 8.44. The molecule has 10 nitrogen and oxygen atoms in total. The van der Waals surface area contributed by atoms with Gasteiger partial charge in [0.15, 0.2) is 5.82 Å². The molecule has 2 unspecified atom stereocenters. The average Bonchev–Trinajstić information content (AvgIpc) is 3.46. The van der Waals surface area contributed by atoms with Crippen LogP contribution in [0.3, 0.4) is 0 Å². The topological polar surface area (TPSA) is 118 Å². The summed E-state index contributed by atoms with van der Waals surface area (Å²) in [5, 5.41) is 6.81. The molecule has 2 aromatic carbocycles. The maximum Gasteiger partial charge on any atom is 0.257 e. The Morgan fingerprint density at radius 3 is 2.50 bits per heavy atom. The van der Waals surface area contributed by atoms with Crippen LogP contribution in [0.1, 0.15) is 66.7 Å². The predicted molar refractivity (Wildman–Crippen MR) is 155 cm³/mol. The first-order valence-electron chi connectivity index (χ1n) is 14.8. The maximum atomic E-state index is 13.1. The monoisotopic (exact) mass is 571 g/mol. The van der Waals surface area contributed by atoms with E-state index in [0.717, 1.165) is 30.0 Å². The summed E-state index contributed by atoms with van der Waals surface area (Å²) in [6.07, 6.45) is 7.16. The number of hydrogen-bond acceptors (Lipinski definition) is 7. The molecule has 3 fully saturated rings. The highest BCUT2D eigenvalue weighted by molar-refractivity contribution is 5.95. The Hall–Kier alpha value is -4.21. The van der Waals surface area contributed by atoms with Gasteiger partial charge < -0.3 is 24.4 Å². The summed E-state index contributed by atoms with van der Waals surface area (Å²) in [5.41, 5.74) is 2.02. The number of aryl methyl sites for hydroxylation is 1. The number of benzene rings is 2. The Morgan fingerprint density at radius 1 is 1.02 bits per heavy atom. The molecule has 1 aliphatic carbocycles. The molecule has 3 amide bonds. The molecule has 1 N–H and O–H groups in total. The minimum absolute atomic E-state index is 0.0138. The summed E-state index contributed by atoms with van der Waals surface area (Å²) in [5.74, 6) is 3.26. The molecule has 2 saturated heterocycles. The lowest BCUT2D eigenvalue weighted by atomic mass is 10.00. The summed E-state index contributed by atoms with van der Waals surface area (Å²) in [4.78, 5) is 45.8. The Labute approximate surface area is 245 Å². The van der Waals surface area contributed by atoms with E-state index in [-0.39, 0.29) is 30.2 Å². The number of likely N-dealkylation sites (tertiary alicyclic amines) is 2. The fourth-order valence-corrected chi connectivity index (χ4v) is 5.86. The first-order valence-corrected chi connectivity index (χ1v) is 14.8. The van der Waals surface area contributed by atoms with Crippen LogP contribution in [-0.4, -0.2) is 63.8 Å². The van der Waals surface area contributed by atoms with Crippen molar-refractivity contribution in [1.82, 2.24) is 25.3 Å². The van der Waals surface area contributed by atoms with Crippen LogP contribution in [0.15, 0.2) is 47.0 Å². The molecule has 0 spiro atoms. The minimum atomic E-state index is -0.269. The van der Waals surface area contributed by atoms with Gasteiger partial charge in [-0.3, -0.25) is 14.4 Å². The van der Waals surface area contributed by atoms with Gasteiger partial charge in [-0.2, -0.15) is 4.98 Å². The van der Waals surface area contributed by atoms with Crippen molar-refractivity contribution in [2.75, 3.05) is 20.1 Å². The molecular formula is C32H37N5O5. The Morgan fingerprint density at radius 2 is 1.81 bits per heavy atom. The summed E-state index contributed by atoms with van der Waals surface area (Å²) < 4.78 is 11.6. The first kappa shape index (κ1) is 27.9. The van der Waals surface area contributed by atoms with Gasteiger partial charge in [-0.05, 0) is 61.6 Å². The summed E-state index contributed by atoms with van der Waals surface area (Å²) in [6.45, 7) is 3.40. The predicted octanol–water partition coefficient (Wildman–Crippen LogP) is 4.73. The van der Waals surface area contributed by atoms with Gasteiger partial charge in [0.2, 0.25) is 11.8 Å². The number of aromatic nitrogens is 2. The molecule has 10 heteroatoms. The molecule has 220 valence electrons. The van der Waals surface area contributed by atoms with E-state index < -0.39 is 0 Å². The van der Waals surface area contributed by atoms with Gasteiger partial charge >= 0.3 is 0 Å². The second kappa shape index (κ2) is 12.0. The molecule has 3 aromatic rings. The van der Waals surface area contributed by atoms with Crippen molar-refractivity contribution in [3.05, 3.63) is 59.4 Å². The number of amides is 3. The van der Waals surface area contributed by atoms with Crippen LogP contribution in [0, 0.1) is 18.8 Å². The van der Waals surface area contributed by atoms with Crippen LogP contribution < -0.4 is 10.1 Å². The van der Waals surface area contributed by atoms with Crippen molar-refractivity contribution in [1.29, 1.82) is 0 Å². The number of nitrogens with one attached hydrogen (secondary N) is 1. The van der Waals surface area contributed by atoms with E-state index in [1.165, 1.54) is 25.7 Å². The van der Waals surface area contributed by atoms with E-state index in [1.54, 1.807) is 31.0 Å². The van der Waals surface area contributed by atoms with Crippen LogP contribution in [0.5, 0.6) is 11.5 Å². The molecule has 3 heterocycles. The maximum absolute atomic E-state index is 13.1. The lowest BCUT2D eigenvalue weighted by Gasteiger charge is -2.20. The zero-order chi connectivity index (χ0) is 29.2. The minimum Gasteiger partial charge on any atom is -0.457 e. The summed E-state index contributed by atoms with van der Waals surface area (Å²) in [7, 11) is 1.73. The van der Waals surface area contributed by atoms with Gasteiger partial charge in [0.25, 0.3) is 11.8 Å². The summed E-state index contributed by atoms with van der Waals surface area (Å²) in [6, 6.07) is 12.4. The van der Waals surface area contributed by atoms with E-state index in [0.29, 0.717) is 54.2 Å². The third kappa shape index (κ3) is 6.64. The van der Waals surface area contributed by atoms with E-state index in [9.17, 15) is 14.4 Å². The van der Waals surface area contributed by atoms with E-state index in [1.807, 2.05) is 35.2 Å². The molecule has 0 bridgehead atoms. The number of carbonyl (C=O) groups excluding carboxylic acids is 3. The van der Waals surface area contributed by atoms with Gasteiger partial charge in [-0.25, -0.2) is 0 Å². The normalized spacial score (nSPS) is 20.4. The van der Waals surface area contributed by atoms with Crippen LogP contribution in [-0.2, 0) is 16.1 Å². The Kier molecular flexibility index (Phi) is 7.95. The molecule has 1 saturated carbocycles. The van der Waals surface area contributed by atoms with Crippen LogP contribution in [0.25, 0.3) is 11.5 Å². The zero-order valence-electron chi connectivity index (χ0n) is 24.2. The van der Waals surface area contributed by atoms with Crippen molar-refractivity contribution in [3.8, 4) is 23.0 Å². The molecule has 3 aliphatic rings. The number of likely N-dealkylation sites (N-methyl/N-ethyl adjacent to an activating group) is 1. The molecule has 1 aromatic heterocycles. The molecule has 2 aliphatic heterocycles. The second-order valence-electron chi connectivity index (χ2n) is 12.0. The van der Waals surface area contributed by atoms with Crippen LogP contribution >= 0.6 is 0 Å². The largest absolute Gasteiger partial charge is 0.457 e. The van der Waals surface area contributed by atoms with Gasteiger partial charge in [-0.15, -0.1) is 0 Å². The SMILES string of the molecule is Cc1noc(-c2ccc(Oc3cc(C(=O)NC4CC(=O)N(C)C4)ccc3CN3CC(CCCC4CC4)CC3=O)cc2)n1. The van der Waals surface area contributed by atoms with Crippen molar-refractivity contribution in [3.63, 3.8) is 0 Å². The number of ether oxygens (including phenoxy) is 1. The summed E-state index contributed by atoms with van der Waals surface area (Å²) >= 11 is 0. The Bertz CT molecular complexity index is 1460. The quantitative estimate of drug-likeness (QED) is 0.354. The third-order valence-electron chi connectivity index (χ3n) is 8.44. The van der Waals surface area contributed by atoms with Crippen molar-refractivity contribution < 1.29 is 23.6 Å². The second-order valence-corrected chi connectivity index (χ2v) is 12.0. The van der Waals surface area contributed by atoms with Gasteiger partial charge in [-0.1, -0.05) is 36.9 Å². The molecule has 2 atom stereocenters. The fraction of sp³-hybridized carbons (Fsp3) is 0.469. The standard InChI is InChI=1S/C32H37N5O5/c1-20-33-32(42-35-20)23-10-12-27(13-11-23)41-28-15-24(31(40)34-26-16-29(38)36(2)19-26)8-9-25(28)18-37-17-22(14-30(37)39)5-3-4-21-6-7-21/h8-13,15,21-22,26H,3-7,14,16-19H2,1-2H3,(H,34,40). The molecule has 6 rings (SSSR count). The first-order chi connectivity index (χ1) is 20.3.